The Morgan fingerprint density at radius 2 is 1.93 bits per heavy atom. The fourth-order valence-electron chi connectivity index (χ4n) is 3.29. The molecule has 1 aromatic carbocycles. The highest BCUT2D eigenvalue weighted by Gasteiger charge is 2.34. The van der Waals surface area contributed by atoms with E-state index < -0.39 is 0 Å². The lowest BCUT2D eigenvalue weighted by atomic mass is 10.1. The number of fused-ring (bicyclic) bond motifs is 1. The number of amidine groups is 2. The number of pyridine rings is 1. The first-order valence-corrected chi connectivity index (χ1v) is 9.52. The topological polar surface area (TPSA) is 104 Å². The zero-order valence-corrected chi connectivity index (χ0v) is 17.2. The average molecular weight is 430 g/mol. The molecule has 0 aliphatic carbocycles. The lowest BCUT2D eigenvalue weighted by Crippen LogP contribution is -2.46. The smallest absolute Gasteiger partial charge is 0.200 e. The van der Waals surface area contributed by atoms with Crippen LogP contribution in [-0.2, 0) is 0 Å². The Balaban J connectivity index is 1.72. The van der Waals surface area contributed by atoms with Crippen LogP contribution in [0.15, 0.2) is 36.5 Å². The quantitative estimate of drug-likeness (QED) is 0.485. The van der Waals surface area contributed by atoms with E-state index in [1.165, 1.54) is 0 Å². The summed E-state index contributed by atoms with van der Waals surface area (Å²) in [6, 6.07) is 8.43. The lowest BCUT2D eigenvalue weighted by molar-refractivity contribution is 0.409. The maximum Gasteiger partial charge on any atom is 0.200 e. The van der Waals surface area contributed by atoms with Gasteiger partial charge in [-0.2, -0.15) is 0 Å². The molecule has 8 nitrogen and oxygen atoms in total. The van der Waals surface area contributed by atoms with Gasteiger partial charge in [-0.05, 0) is 31.2 Å². The molecular weight excluding hydrogens is 413 g/mol. The molecule has 4 rings (SSSR count). The highest BCUT2D eigenvalue weighted by molar-refractivity contribution is 6.36. The van der Waals surface area contributed by atoms with Crippen LogP contribution in [0.1, 0.15) is 24.5 Å². The van der Waals surface area contributed by atoms with Gasteiger partial charge in [-0.15, -0.1) is 10.2 Å². The van der Waals surface area contributed by atoms with Crippen molar-refractivity contribution in [1.29, 1.82) is 10.8 Å². The molecule has 3 heterocycles. The van der Waals surface area contributed by atoms with Gasteiger partial charge in [0, 0.05) is 29.4 Å². The van der Waals surface area contributed by atoms with Gasteiger partial charge >= 0.3 is 0 Å². The van der Waals surface area contributed by atoms with E-state index >= 15 is 0 Å². The summed E-state index contributed by atoms with van der Waals surface area (Å²) in [5, 5.41) is 26.6. The van der Waals surface area contributed by atoms with Gasteiger partial charge in [0.25, 0.3) is 0 Å². The Kier molecular flexibility index (Phi) is 4.97. The maximum absolute atomic E-state index is 8.61. The van der Waals surface area contributed by atoms with Crippen LogP contribution in [-0.4, -0.2) is 50.0 Å². The van der Waals surface area contributed by atoms with E-state index in [9.17, 15) is 0 Å². The predicted octanol–water partition coefficient (Wildman–Crippen LogP) is 3.88. The Morgan fingerprint density at radius 1 is 1.17 bits per heavy atom. The van der Waals surface area contributed by atoms with Crippen LogP contribution in [0.4, 0.5) is 0 Å². The van der Waals surface area contributed by atoms with Crippen LogP contribution in [0.3, 0.4) is 0 Å². The number of rotatable bonds is 3. The average Bonchev–Trinajstić information content (AvgIpc) is 3.16. The van der Waals surface area contributed by atoms with E-state index in [0.717, 1.165) is 0 Å². The number of nitrogens with one attached hydrogen (secondary N) is 2. The zero-order valence-electron chi connectivity index (χ0n) is 15.6. The van der Waals surface area contributed by atoms with Crippen molar-refractivity contribution >= 4 is 34.9 Å². The number of methoxy groups -OCH3 is 1. The number of ether oxygens (including phenoxy) is 1. The van der Waals surface area contributed by atoms with E-state index in [-0.39, 0.29) is 17.7 Å². The number of aromatic nitrogens is 4. The third kappa shape index (κ3) is 3.34. The molecule has 0 saturated heterocycles. The molecule has 2 N–H and O–H groups in total. The number of halogens is 2. The van der Waals surface area contributed by atoms with Gasteiger partial charge in [0.15, 0.2) is 23.3 Å². The van der Waals surface area contributed by atoms with Crippen molar-refractivity contribution in [2.45, 2.75) is 13.0 Å². The monoisotopic (exact) mass is 429 g/mol. The van der Waals surface area contributed by atoms with Crippen molar-refractivity contribution in [3.05, 3.63) is 58.1 Å². The largest absolute Gasteiger partial charge is 0.497 e. The minimum absolute atomic E-state index is 0.0709. The molecule has 29 heavy (non-hydrogen) atoms. The SMILES string of the molecule is COc1ccnc(C(=N)N2CC(C)n3c(nnc3-c3ccc(Cl)cc3Cl)C2=N)c1. The molecule has 0 fully saturated rings. The van der Waals surface area contributed by atoms with E-state index in [1.807, 2.05) is 11.5 Å². The molecule has 0 radical (unpaired) electrons. The standard InChI is InChI=1S/C19H17Cl2N7O/c1-10-9-27(16(22)15-8-12(29-2)5-6-24-15)17(23)19-26-25-18(28(10)19)13-4-3-11(20)7-14(13)21/h3-8,10,22-23H,9H2,1-2H3. The molecule has 0 saturated carbocycles. The van der Waals surface area contributed by atoms with Gasteiger partial charge < -0.3 is 9.64 Å². The fraction of sp³-hybridized carbons (Fsp3) is 0.211. The number of hydrogen-bond donors (Lipinski definition) is 2. The third-order valence-electron chi connectivity index (χ3n) is 4.72. The van der Waals surface area contributed by atoms with Gasteiger partial charge in [-0.25, -0.2) is 0 Å². The fourth-order valence-corrected chi connectivity index (χ4v) is 3.78. The van der Waals surface area contributed by atoms with Crippen LogP contribution in [0.5, 0.6) is 5.75 Å². The van der Waals surface area contributed by atoms with Crippen LogP contribution < -0.4 is 4.74 Å². The summed E-state index contributed by atoms with van der Waals surface area (Å²) in [4.78, 5) is 5.79. The second-order valence-electron chi connectivity index (χ2n) is 6.58. The summed E-state index contributed by atoms with van der Waals surface area (Å²) < 4.78 is 7.07. The number of benzene rings is 1. The third-order valence-corrected chi connectivity index (χ3v) is 5.26. The summed E-state index contributed by atoms with van der Waals surface area (Å²) in [6.45, 7) is 2.37. The molecule has 0 amide bonds. The highest BCUT2D eigenvalue weighted by atomic mass is 35.5. The maximum atomic E-state index is 8.61. The van der Waals surface area contributed by atoms with Crippen molar-refractivity contribution in [3.8, 4) is 17.1 Å². The van der Waals surface area contributed by atoms with Crippen LogP contribution in [0, 0.1) is 10.8 Å². The first kappa shape index (κ1) is 19.4. The minimum Gasteiger partial charge on any atom is -0.497 e. The Bertz CT molecular complexity index is 1130. The highest BCUT2D eigenvalue weighted by Crippen LogP contribution is 2.33. The normalized spacial score (nSPS) is 15.9. The molecule has 1 aliphatic rings. The molecular formula is C19H17Cl2N7O. The summed E-state index contributed by atoms with van der Waals surface area (Å²) in [5.74, 6) is 1.68. The summed E-state index contributed by atoms with van der Waals surface area (Å²) in [6.07, 6.45) is 1.57. The second-order valence-corrected chi connectivity index (χ2v) is 7.42. The first-order chi connectivity index (χ1) is 13.9. The van der Waals surface area contributed by atoms with Crippen LogP contribution in [0.25, 0.3) is 11.4 Å². The van der Waals surface area contributed by atoms with Gasteiger partial charge in [0.1, 0.15) is 11.4 Å². The van der Waals surface area contributed by atoms with E-state index in [0.29, 0.717) is 45.2 Å². The minimum atomic E-state index is -0.109. The molecule has 3 aromatic rings. The Labute approximate surface area is 177 Å². The van der Waals surface area contributed by atoms with Gasteiger partial charge in [-0.1, -0.05) is 23.2 Å². The van der Waals surface area contributed by atoms with Crippen molar-refractivity contribution in [2.75, 3.05) is 13.7 Å². The van der Waals surface area contributed by atoms with Crippen molar-refractivity contribution in [2.24, 2.45) is 0 Å². The van der Waals surface area contributed by atoms with E-state index in [2.05, 4.69) is 15.2 Å². The molecule has 1 atom stereocenters. The van der Waals surface area contributed by atoms with Gasteiger partial charge in [0.05, 0.1) is 18.2 Å². The van der Waals surface area contributed by atoms with E-state index in [1.54, 1.807) is 48.5 Å². The van der Waals surface area contributed by atoms with Crippen molar-refractivity contribution < 1.29 is 4.74 Å². The molecule has 0 spiro atoms. The summed E-state index contributed by atoms with van der Waals surface area (Å²) >= 11 is 12.4. The molecule has 1 aliphatic heterocycles. The summed E-state index contributed by atoms with van der Waals surface area (Å²) in [5.41, 5.74) is 1.10. The number of hydrogen-bond acceptors (Lipinski definition) is 6. The lowest BCUT2D eigenvalue weighted by Gasteiger charge is -2.34. The van der Waals surface area contributed by atoms with Crippen LogP contribution in [0.2, 0.25) is 10.0 Å². The molecule has 0 bridgehead atoms. The molecule has 148 valence electrons. The molecule has 2 aromatic heterocycles. The predicted molar refractivity (Wildman–Crippen MR) is 111 cm³/mol. The zero-order chi connectivity index (χ0) is 20.7. The van der Waals surface area contributed by atoms with Gasteiger partial charge in [-0.3, -0.25) is 20.4 Å². The Hall–Kier alpha value is -2.97. The van der Waals surface area contributed by atoms with Crippen LogP contribution >= 0.6 is 23.2 Å². The summed E-state index contributed by atoms with van der Waals surface area (Å²) in [7, 11) is 1.56. The Morgan fingerprint density at radius 3 is 2.66 bits per heavy atom. The first-order valence-electron chi connectivity index (χ1n) is 8.76. The second kappa shape index (κ2) is 7.46. The van der Waals surface area contributed by atoms with Gasteiger partial charge in [0.2, 0.25) is 0 Å². The number of nitrogens with zero attached hydrogens (tertiary/aromatic N) is 5. The molecule has 10 heteroatoms. The van der Waals surface area contributed by atoms with Crippen molar-refractivity contribution in [1.82, 2.24) is 24.6 Å². The molecule has 1 unspecified atom stereocenters. The van der Waals surface area contributed by atoms with Crippen molar-refractivity contribution in [3.63, 3.8) is 0 Å². The van der Waals surface area contributed by atoms with E-state index in [4.69, 9.17) is 38.8 Å².